The largest absolute Gasteiger partial charge is 0.459 e. The van der Waals surface area contributed by atoms with Crippen LogP contribution >= 0.6 is 34.8 Å². The fourth-order valence-corrected chi connectivity index (χ4v) is 1.82. The summed E-state index contributed by atoms with van der Waals surface area (Å²) in [4.78, 5) is 11.9. The Kier molecular flexibility index (Phi) is 7.77. The molecule has 0 saturated heterocycles. The number of hydrogen-bond donors (Lipinski definition) is 1. The maximum Gasteiger partial charge on any atom is 0.335 e. The SMILES string of the molecule is CCOC(Cc1ccc(CO)cc1)C(=O)OCC(Cl)(Cl)Cl. The highest BCUT2D eigenvalue weighted by Gasteiger charge is 2.26. The van der Waals surface area contributed by atoms with Crippen molar-refractivity contribution in [2.45, 2.75) is 29.8 Å². The molecule has 0 saturated carbocycles. The fraction of sp³-hybridized carbons (Fsp3) is 0.500. The summed E-state index contributed by atoms with van der Waals surface area (Å²) in [6.07, 6.45) is -0.416. The molecular weight excluding hydrogens is 339 g/mol. The standard InChI is InChI=1S/C14H17Cl3O4/c1-2-20-12(13(19)21-9-14(15,16)17)7-10-3-5-11(8-18)6-4-10/h3-6,12,18H,2,7-9H2,1H3. The number of aliphatic hydroxyl groups is 1. The number of ether oxygens (including phenoxy) is 2. The van der Waals surface area contributed by atoms with Crippen LogP contribution in [0.2, 0.25) is 0 Å². The first kappa shape index (κ1) is 18.5. The van der Waals surface area contributed by atoms with Gasteiger partial charge in [0.05, 0.1) is 6.61 Å². The summed E-state index contributed by atoms with van der Waals surface area (Å²) in [5.41, 5.74) is 1.68. The van der Waals surface area contributed by atoms with Crippen LogP contribution in [0.4, 0.5) is 0 Å². The van der Waals surface area contributed by atoms with E-state index in [1.807, 2.05) is 12.1 Å². The fourth-order valence-electron chi connectivity index (χ4n) is 1.65. The molecule has 1 aromatic rings. The second kappa shape index (κ2) is 8.81. The lowest BCUT2D eigenvalue weighted by Gasteiger charge is -2.18. The third-order valence-electron chi connectivity index (χ3n) is 2.64. The zero-order chi connectivity index (χ0) is 15.9. The maximum absolute atomic E-state index is 11.9. The average Bonchev–Trinajstić information content (AvgIpc) is 2.44. The van der Waals surface area contributed by atoms with Crippen LogP contribution in [0, 0.1) is 0 Å². The zero-order valence-corrected chi connectivity index (χ0v) is 13.8. The Morgan fingerprint density at radius 3 is 2.29 bits per heavy atom. The van der Waals surface area contributed by atoms with Crippen molar-refractivity contribution in [3.05, 3.63) is 35.4 Å². The number of esters is 1. The number of halogens is 3. The highest BCUT2D eigenvalue weighted by atomic mass is 35.6. The molecule has 0 radical (unpaired) electrons. The lowest BCUT2D eigenvalue weighted by atomic mass is 10.1. The summed E-state index contributed by atoms with van der Waals surface area (Å²) in [7, 11) is 0. The molecule has 1 atom stereocenters. The molecule has 0 spiro atoms. The van der Waals surface area contributed by atoms with E-state index in [2.05, 4.69) is 0 Å². The number of carbonyl (C=O) groups is 1. The molecule has 0 bridgehead atoms. The van der Waals surface area contributed by atoms with Gasteiger partial charge in [0.2, 0.25) is 3.79 Å². The molecule has 0 aromatic heterocycles. The molecule has 0 heterocycles. The Balaban J connectivity index is 2.65. The van der Waals surface area contributed by atoms with Crippen LogP contribution in [-0.2, 0) is 27.3 Å². The summed E-state index contributed by atoms with van der Waals surface area (Å²) in [5.74, 6) is -0.575. The molecule has 0 aliphatic heterocycles. The summed E-state index contributed by atoms with van der Waals surface area (Å²) in [6, 6.07) is 7.20. The van der Waals surface area contributed by atoms with Gasteiger partial charge in [0, 0.05) is 13.0 Å². The van der Waals surface area contributed by atoms with Gasteiger partial charge in [-0.15, -0.1) is 0 Å². The highest BCUT2D eigenvalue weighted by Crippen LogP contribution is 2.26. The number of hydrogen-bond acceptors (Lipinski definition) is 4. The Morgan fingerprint density at radius 2 is 1.81 bits per heavy atom. The molecule has 0 amide bonds. The number of aliphatic hydroxyl groups excluding tert-OH is 1. The first-order valence-corrected chi connectivity index (χ1v) is 7.52. The van der Waals surface area contributed by atoms with Gasteiger partial charge in [0.25, 0.3) is 0 Å². The number of benzene rings is 1. The molecule has 0 aliphatic carbocycles. The van der Waals surface area contributed by atoms with Crippen molar-refractivity contribution in [1.29, 1.82) is 0 Å². The normalized spacial score (nSPS) is 13.0. The molecule has 4 nitrogen and oxygen atoms in total. The summed E-state index contributed by atoms with van der Waals surface area (Å²) in [5, 5.41) is 8.99. The Morgan fingerprint density at radius 1 is 1.24 bits per heavy atom. The van der Waals surface area contributed by atoms with Crippen LogP contribution in [0.25, 0.3) is 0 Å². The third kappa shape index (κ3) is 7.34. The molecule has 1 rings (SSSR count). The number of alkyl halides is 3. The molecule has 1 N–H and O–H groups in total. The lowest BCUT2D eigenvalue weighted by molar-refractivity contribution is -0.156. The first-order valence-electron chi connectivity index (χ1n) is 6.39. The molecule has 0 aliphatic rings. The van der Waals surface area contributed by atoms with Crippen LogP contribution in [0.15, 0.2) is 24.3 Å². The molecule has 118 valence electrons. The van der Waals surface area contributed by atoms with Crippen molar-refractivity contribution in [3.63, 3.8) is 0 Å². The molecule has 1 aromatic carbocycles. The quantitative estimate of drug-likeness (QED) is 0.603. The second-order valence-electron chi connectivity index (χ2n) is 4.35. The van der Waals surface area contributed by atoms with Crippen LogP contribution in [0.3, 0.4) is 0 Å². The van der Waals surface area contributed by atoms with Gasteiger partial charge in [-0.3, -0.25) is 0 Å². The topological polar surface area (TPSA) is 55.8 Å². The van der Waals surface area contributed by atoms with Crippen molar-refractivity contribution >= 4 is 40.8 Å². The van der Waals surface area contributed by atoms with Crippen molar-refractivity contribution in [2.24, 2.45) is 0 Å². The van der Waals surface area contributed by atoms with Crippen LogP contribution in [-0.4, -0.2) is 34.2 Å². The minimum Gasteiger partial charge on any atom is -0.459 e. The maximum atomic E-state index is 11.9. The Hall–Kier alpha value is -0.520. The van der Waals surface area contributed by atoms with E-state index in [9.17, 15) is 4.79 Å². The van der Waals surface area contributed by atoms with Gasteiger partial charge in [0.15, 0.2) is 6.10 Å². The number of rotatable bonds is 7. The summed E-state index contributed by atoms with van der Waals surface area (Å²) in [6.45, 7) is 1.79. The van der Waals surface area contributed by atoms with E-state index >= 15 is 0 Å². The zero-order valence-electron chi connectivity index (χ0n) is 11.5. The minimum atomic E-state index is -1.64. The number of carbonyl (C=O) groups excluding carboxylic acids is 1. The van der Waals surface area contributed by atoms with E-state index in [0.717, 1.165) is 11.1 Å². The van der Waals surface area contributed by atoms with E-state index in [0.29, 0.717) is 13.0 Å². The van der Waals surface area contributed by atoms with Crippen molar-refractivity contribution in [3.8, 4) is 0 Å². The first-order chi connectivity index (χ1) is 9.85. The van der Waals surface area contributed by atoms with Crippen LogP contribution in [0.5, 0.6) is 0 Å². The van der Waals surface area contributed by atoms with E-state index < -0.39 is 15.9 Å². The monoisotopic (exact) mass is 354 g/mol. The Labute approximate surface area is 138 Å². The lowest BCUT2D eigenvalue weighted by Crippen LogP contribution is -2.31. The van der Waals surface area contributed by atoms with Crippen molar-refractivity contribution < 1.29 is 19.4 Å². The predicted molar refractivity (Wildman–Crippen MR) is 82.7 cm³/mol. The minimum absolute atomic E-state index is 0.0273. The van der Waals surface area contributed by atoms with Gasteiger partial charge < -0.3 is 14.6 Å². The predicted octanol–water partition coefficient (Wildman–Crippen LogP) is 3.04. The second-order valence-corrected chi connectivity index (χ2v) is 6.86. The van der Waals surface area contributed by atoms with Crippen molar-refractivity contribution in [2.75, 3.05) is 13.2 Å². The van der Waals surface area contributed by atoms with Gasteiger partial charge in [-0.25, -0.2) is 4.79 Å². The molecular formula is C14H17Cl3O4. The molecule has 0 fully saturated rings. The Bertz CT molecular complexity index is 443. The van der Waals surface area contributed by atoms with Gasteiger partial charge >= 0.3 is 5.97 Å². The average molecular weight is 356 g/mol. The van der Waals surface area contributed by atoms with Crippen LogP contribution < -0.4 is 0 Å². The van der Waals surface area contributed by atoms with Crippen LogP contribution in [0.1, 0.15) is 18.1 Å². The van der Waals surface area contributed by atoms with Gasteiger partial charge in [-0.2, -0.15) is 0 Å². The third-order valence-corrected chi connectivity index (χ3v) is 2.96. The van der Waals surface area contributed by atoms with E-state index in [1.165, 1.54) is 0 Å². The van der Waals surface area contributed by atoms with Crippen molar-refractivity contribution in [1.82, 2.24) is 0 Å². The smallest absolute Gasteiger partial charge is 0.335 e. The van der Waals surface area contributed by atoms with E-state index in [4.69, 9.17) is 49.4 Å². The highest BCUT2D eigenvalue weighted by molar-refractivity contribution is 6.67. The van der Waals surface area contributed by atoms with Gasteiger partial charge in [-0.1, -0.05) is 59.1 Å². The molecule has 7 heteroatoms. The van der Waals surface area contributed by atoms with E-state index in [-0.39, 0.29) is 13.2 Å². The van der Waals surface area contributed by atoms with Gasteiger partial charge in [0.1, 0.15) is 6.61 Å². The molecule has 21 heavy (non-hydrogen) atoms. The molecule has 1 unspecified atom stereocenters. The summed E-state index contributed by atoms with van der Waals surface area (Å²) >= 11 is 16.6. The van der Waals surface area contributed by atoms with Gasteiger partial charge in [-0.05, 0) is 18.1 Å². The van der Waals surface area contributed by atoms with E-state index in [1.54, 1.807) is 19.1 Å². The summed E-state index contributed by atoms with van der Waals surface area (Å²) < 4.78 is 8.67.